The first-order chi connectivity index (χ1) is 9.33. The second-order valence-electron chi connectivity index (χ2n) is 6.29. The highest BCUT2D eigenvalue weighted by Gasteiger charge is 2.40. The lowest BCUT2D eigenvalue weighted by atomic mass is 9.72. The lowest BCUT2D eigenvalue weighted by Gasteiger charge is -2.42. The molecule has 0 saturated carbocycles. The second-order valence-corrected chi connectivity index (χ2v) is 6.29. The van der Waals surface area contributed by atoms with Crippen molar-refractivity contribution in [2.45, 2.75) is 45.6 Å². The van der Waals surface area contributed by atoms with Gasteiger partial charge in [-0.05, 0) is 44.5 Å². The van der Waals surface area contributed by atoms with Crippen LogP contribution in [0.4, 0.5) is 0 Å². The third-order valence-electron chi connectivity index (χ3n) is 4.28. The van der Waals surface area contributed by atoms with Crippen LogP contribution in [0.25, 0.3) is 0 Å². The van der Waals surface area contributed by atoms with E-state index in [-0.39, 0.29) is 11.0 Å². The molecule has 2 nitrogen and oxygen atoms in total. The topological polar surface area (TPSA) is 22.1 Å². The van der Waals surface area contributed by atoms with Crippen molar-refractivity contribution in [3.63, 3.8) is 0 Å². The molecule has 0 aliphatic rings. The van der Waals surface area contributed by atoms with Crippen molar-refractivity contribution in [2.75, 3.05) is 0 Å². The third kappa shape index (κ3) is 2.84. The van der Waals surface area contributed by atoms with Crippen LogP contribution in [0.2, 0.25) is 0 Å². The molecule has 2 aromatic rings. The lowest BCUT2D eigenvalue weighted by Crippen LogP contribution is -2.47. The molecule has 0 atom stereocenters. The van der Waals surface area contributed by atoms with E-state index in [4.69, 9.17) is 4.74 Å². The zero-order valence-corrected chi connectivity index (χ0v) is 13.0. The minimum atomic E-state index is -0.342. The lowest BCUT2D eigenvalue weighted by molar-refractivity contribution is 0.0356. The minimum absolute atomic E-state index is 0.147. The number of ether oxygens (including phenoxy) is 1. The fourth-order valence-corrected chi connectivity index (χ4v) is 2.11. The molecule has 106 valence electrons. The number of hydrogen-bond acceptors (Lipinski definition) is 2. The highest BCUT2D eigenvalue weighted by molar-refractivity contribution is 5.30. The van der Waals surface area contributed by atoms with Gasteiger partial charge in [0.1, 0.15) is 11.4 Å². The van der Waals surface area contributed by atoms with E-state index < -0.39 is 0 Å². The Morgan fingerprint density at radius 3 is 2.15 bits per heavy atom. The van der Waals surface area contributed by atoms with Crippen LogP contribution >= 0.6 is 0 Å². The predicted octanol–water partition coefficient (Wildman–Crippen LogP) is 4.53. The molecule has 1 aromatic carbocycles. The molecule has 2 rings (SSSR count). The zero-order valence-electron chi connectivity index (χ0n) is 13.0. The smallest absolute Gasteiger partial charge is 0.120 e. The molecule has 20 heavy (non-hydrogen) atoms. The molecular formula is C18H23NO. The molecule has 0 aliphatic heterocycles. The Kier molecular flexibility index (Phi) is 3.85. The molecule has 0 aliphatic carbocycles. The molecule has 0 spiro atoms. The Hall–Kier alpha value is -1.83. The van der Waals surface area contributed by atoms with Crippen LogP contribution < -0.4 is 4.74 Å². The number of benzene rings is 1. The SMILES string of the molecule is Cc1ccc(OC(C)(C)C(C)(C)c2cccnc2)cc1. The normalized spacial score (nSPS) is 12.2. The fourth-order valence-electron chi connectivity index (χ4n) is 2.11. The Morgan fingerprint density at radius 2 is 1.60 bits per heavy atom. The van der Waals surface area contributed by atoms with E-state index in [1.54, 1.807) is 6.20 Å². The molecule has 0 fully saturated rings. The van der Waals surface area contributed by atoms with E-state index in [2.05, 4.69) is 57.8 Å². The van der Waals surface area contributed by atoms with Crippen LogP contribution in [0.3, 0.4) is 0 Å². The summed E-state index contributed by atoms with van der Waals surface area (Å²) in [5, 5.41) is 0. The van der Waals surface area contributed by atoms with Gasteiger partial charge in [0.15, 0.2) is 0 Å². The summed E-state index contributed by atoms with van der Waals surface area (Å²) in [4.78, 5) is 4.23. The van der Waals surface area contributed by atoms with Gasteiger partial charge in [-0.3, -0.25) is 4.98 Å². The van der Waals surface area contributed by atoms with E-state index in [9.17, 15) is 0 Å². The summed E-state index contributed by atoms with van der Waals surface area (Å²) in [6.45, 7) is 10.7. The van der Waals surface area contributed by atoms with Crippen LogP contribution in [-0.2, 0) is 5.41 Å². The fraction of sp³-hybridized carbons (Fsp3) is 0.389. The van der Waals surface area contributed by atoms with Crippen molar-refractivity contribution in [1.82, 2.24) is 4.98 Å². The molecule has 0 saturated heterocycles. The first-order valence-electron chi connectivity index (χ1n) is 6.99. The molecule has 0 bridgehead atoms. The number of pyridine rings is 1. The monoisotopic (exact) mass is 269 g/mol. The van der Waals surface area contributed by atoms with Crippen LogP contribution in [0.15, 0.2) is 48.8 Å². The maximum absolute atomic E-state index is 6.25. The standard InChI is InChI=1S/C18H23NO/c1-14-8-10-16(11-9-14)20-18(4,5)17(2,3)15-7-6-12-19-13-15/h6-13H,1-5H3. The highest BCUT2D eigenvalue weighted by atomic mass is 16.5. The highest BCUT2D eigenvalue weighted by Crippen LogP contribution is 2.37. The number of rotatable bonds is 4. The van der Waals surface area contributed by atoms with E-state index in [0.717, 1.165) is 5.75 Å². The van der Waals surface area contributed by atoms with Gasteiger partial charge in [0.2, 0.25) is 0 Å². The van der Waals surface area contributed by atoms with Crippen LogP contribution in [0.5, 0.6) is 5.75 Å². The molecule has 2 heteroatoms. The molecule has 0 N–H and O–H groups in total. The number of hydrogen-bond donors (Lipinski definition) is 0. The van der Waals surface area contributed by atoms with Crippen molar-refractivity contribution < 1.29 is 4.74 Å². The zero-order chi connectivity index (χ0) is 14.8. The number of aromatic nitrogens is 1. The van der Waals surface area contributed by atoms with Gasteiger partial charge < -0.3 is 4.74 Å². The first kappa shape index (κ1) is 14.6. The van der Waals surface area contributed by atoms with Crippen molar-refractivity contribution in [3.8, 4) is 5.75 Å². The summed E-state index contributed by atoms with van der Waals surface area (Å²) < 4.78 is 6.25. The van der Waals surface area contributed by atoms with Crippen LogP contribution in [-0.4, -0.2) is 10.6 Å². The van der Waals surface area contributed by atoms with Gasteiger partial charge in [-0.15, -0.1) is 0 Å². The average molecular weight is 269 g/mol. The van der Waals surface area contributed by atoms with Crippen LogP contribution in [0, 0.1) is 6.92 Å². The van der Waals surface area contributed by atoms with Crippen molar-refractivity contribution >= 4 is 0 Å². The Morgan fingerprint density at radius 1 is 0.950 bits per heavy atom. The summed E-state index contributed by atoms with van der Waals surface area (Å²) in [6, 6.07) is 12.3. The van der Waals surface area contributed by atoms with Crippen LogP contribution in [0.1, 0.15) is 38.8 Å². The van der Waals surface area contributed by atoms with E-state index in [1.807, 2.05) is 24.4 Å². The van der Waals surface area contributed by atoms with Gasteiger partial charge in [-0.1, -0.05) is 37.6 Å². The predicted molar refractivity (Wildman–Crippen MR) is 83.1 cm³/mol. The molecule has 0 radical (unpaired) electrons. The quantitative estimate of drug-likeness (QED) is 0.813. The van der Waals surface area contributed by atoms with Crippen molar-refractivity contribution in [3.05, 3.63) is 59.9 Å². The van der Waals surface area contributed by atoms with Gasteiger partial charge in [-0.25, -0.2) is 0 Å². The largest absolute Gasteiger partial charge is 0.487 e. The molecular weight excluding hydrogens is 246 g/mol. The van der Waals surface area contributed by atoms with Gasteiger partial charge in [0.25, 0.3) is 0 Å². The second kappa shape index (κ2) is 5.28. The van der Waals surface area contributed by atoms with Gasteiger partial charge >= 0.3 is 0 Å². The molecule has 1 heterocycles. The Labute approximate surface area is 121 Å². The van der Waals surface area contributed by atoms with Crippen molar-refractivity contribution in [2.24, 2.45) is 0 Å². The van der Waals surface area contributed by atoms with E-state index in [1.165, 1.54) is 11.1 Å². The van der Waals surface area contributed by atoms with Gasteiger partial charge in [-0.2, -0.15) is 0 Å². The number of nitrogens with zero attached hydrogens (tertiary/aromatic N) is 1. The molecule has 0 unspecified atom stereocenters. The molecule has 1 aromatic heterocycles. The van der Waals surface area contributed by atoms with E-state index >= 15 is 0 Å². The summed E-state index contributed by atoms with van der Waals surface area (Å²) in [5.74, 6) is 0.901. The average Bonchev–Trinajstić information content (AvgIpc) is 2.42. The minimum Gasteiger partial charge on any atom is -0.487 e. The van der Waals surface area contributed by atoms with Gasteiger partial charge in [0.05, 0.1) is 0 Å². The van der Waals surface area contributed by atoms with E-state index in [0.29, 0.717) is 0 Å². The summed E-state index contributed by atoms with van der Waals surface area (Å²) in [7, 11) is 0. The summed E-state index contributed by atoms with van der Waals surface area (Å²) >= 11 is 0. The molecule has 0 amide bonds. The van der Waals surface area contributed by atoms with Crippen molar-refractivity contribution in [1.29, 1.82) is 0 Å². The first-order valence-corrected chi connectivity index (χ1v) is 6.99. The Balaban J connectivity index is 2.27. The number of aryl methyl sites for hydroxylation is 1. The van der Waals surface area contributed by atoms with Gasteiger partial charge in [0, 0.05) is 17.8 Å². The maximum Gasteiger partial charge on any atom is 0.120 e. The third-order valence-corrected chi connectivity index (χ3v) is 4.28. The summed E-state index contributed by atoms with van der Waals surface area (Å²) in [6.07, 6.45) is 3.72. The maximum atomic E-state index is 6.25. The Bertz CT molecular complexity index is 556. The summed E-state index contributed by atoms with van der Waals surface area (Å²) in [5.41, 5.74) is 1.93.